The molecule has 0 saturated carbocycles. The molecule has 0 spiro atoms. The zero-order chi connectivity index (χ0) is 39.3. The summed E-state index contributed by atoms with van der Waals surface area (Å²) in [5, 5.41) is 4.29. The summed E-state index contributed by atoms with van der Waals surface area (Å²) >= 11 is 0. The Morgan fingerprint density at radius 1 is 0.378 bits per heavy atom. The highest BCUT2D eigenvalue weighted by molar-refractivity contribution is 6.21. The number of furan rings is 1. The maximum Gasteiger partial charge on any atom is 0.143 e. The first-order valence-electron chi connectivity index (χ1n) is 20.0. The Balaban J connectivity index is 1.32. The monoisotopic (exact) mass is 583 g/mol. The fourth-order valence-corrected chi connectivity index (χ4v) is 6.41. The van der Waals surface area contributed by atoms with Gasteiger partial charge in [0.05, 0.1) is 15.1 Å². The first-order valence-corrected chi connectivity index (χ1v) is 14.5. The third kappa shape index (κ3) is 4.09. The van der Waals surface area contributed by atoms with Crippen LogP contribution in [0.1, 0.15) is 15.1 Å². The molecule has 0 fully saturated rings. The molecule has 0 amide bonds. The van der Waals surface area contributed by atoms with Crippen molar-refractivity contribution in [3.05, 3.63) is 170 Å². The lowest BCUT2D eigenvalue weighted by atomic mass is 9.85. The largest absolute Gasteiger partial charge is 0.455 e. The van der Waals surface area contributed by atoms with Crippen LogP contribution in [0.2, 0.25) is 0 Å². The van der Waals surface area contributed by atoms with Crippen LogP contribution in [-0.2, 0) is 0 Å². The third-order valence-corrected chi connectivity index (χ3v) is 8.33. The number of hydrogen-bond donors (Lipinski definition) is 0. The van der Waals surface area contributed by atoms with Crippen molar-refractivity contribution in [1.82, 2.24) is 0 Å². The minimum atomic E-state index is -0.648. The molecule has 8 aromatic carbocycles. The summed E-state index contributed by atoms with van der Waals surface area (Å²) in [7, 11) is 0. The van der Waals surface area contributed by atoms with Crippen molar-refractivity contribution in [2.45, 2.75) is 0 Å². The highest BCUT2D eigenvalue weighted by Gasteiger charge is 2.18. The van der Waals surface area contributed by atoms with Gasteiger partial charge in [0.25, 0.3) is 0 Å². The summed E-state index contributed by atoms with van der Waals surface area (Å²) in [6.07, 6.45) is 0. The highest BCUT2D eigenvalue weighted by atomic mass is 16.3. The minimum absolute atomic E-state index is 0.0580. The van der Waals surface area contributed by atoms with Crippen LogP contribution in [-0.4, -0.2) is 0 Å². The van der Waals surface area contributed by atoms with Crippen LogP contribution >= 0.6 is 0 Å². The SMILES string of the molecule is [2H]c1c([2H])c([2H])c(-c2c([2H])c([2H])c([2H])c3c2oc2c([2H])c([2H])c([2H])c(-c4ccc(-c5c6ccccc6c(-c6ccccc6)c6ccccc56)cc4)c23)c([2H])c1[2H]. The van der Waals surface area contributed by atoms with E-state index in [-0.39, 0.29) is 44.7 Å². The third-order valence-electron chi connectivity index (χ3n) is 8.33. The van der Waals surface area contributed by atoms with Gasteiger partial charge in [-0.05, 0) is 66.5 Å². The van der Waals surface area contributed by atoms with Gasteiger partial charge in [-0.1, -0.05) is 164 Å². The van der Waals surface area contributed by atoms with E-state index in [1.54, 1.807) is 12.1 Å². The maximum absolute atomic E-state index is 9.12. The molecule has 0 aliphatic heterocycles. The predicted molar refractivity (Wildman–Crippen MR) is 190 cm³/mol. The minimum Gasteiger partial charge on any atom is -0.455 e. The maximum atomic E-state index is 9.12. The van der Waals surface area contributed by atoms with Gasteiger partial charge in [-0.2, -0.15) is 0 Å². The van der Waals surface area contributed by atoms with E-state index < -0.39 is 60.4 Å². The lowest BCUT2D eigenvalue weighted by Gasteiger charge is -2.18. The van der Waals surface area contributed by atoms with Crippen LogP contribution in [0.25, 0.3) is 88.0 Å². The molecule has 0 atom stereocenters. The summed E-state index contributed by atoms with van der Waals surface area (Å²) < 4.78 is 101. The van der Waals surface area contributed by atoms with Gasteiger partial charge in [0, 0.05) is 16.3 Å². The Morgan fingerprint density at radius 2 is 0.911 bits per heavy atom. The van der Waals surface area contributed by atoms with Crippen LogP contribution in [0.15, 0.2) is 174 Å². The van der Waals surface area contributed by atoms with E-state index in [0.29, 0.717) is 5.56 Å². The number of benzene rings is 8. The van der Waals surface area contributed by atoms with Crippen molar-refractivity contribution in [3.8, 4) is 44.5 Å². The second-order valence-electron chi connectivity index (χ2n) is 10.8. The molecule has 0 N–H and O–H groups in total. The summed E-state index contributed by atoms with van der Waals surface area (Å²) in [5.74, 6) is 0. The quantitative estimate of drug-likeness (QED) is 0.188. The topological polar surface area (TPSA) is 13.1 Å². The smallest absolute Gasteiger partial charge is 0.143 e. The molecule has 1 heterocycles. The highest BCUT2D eigenvalue weighted by Crippen LogP contribution is 2.45. The van der Waals surface area contributed by atoms with Crippen molar-refractivity contribution in [1.29, 1.82) is 0 Å². The van der Waals surface area contributed by atoms with Crippen molar-refractivity contribution in [2.75, 3.05) is 0 Å². The second kappa shape index (κ2) is 10.4. The van der Waals surface area contributed by atoms with E-state index in [9.17, 15) is 0 Å². The number of para-hydroxylation sites is 1. The van der Waals surface area contributed by atoms with Gasteiger partial charge in [-0.3, -0.25) is 0 Å². The van der Waals surface area contributed by atoms with E-state index in [1.807, 2.05) is 54.6 Å². The summed E-state index contributed by atoms with van der Waals surface area (Å²) in [6.45, 7) is 0. The summed E-state index contributed by atoms with van der Waals surface area (Å²) in [4.78, 5) is 0. The molecule has 45 heavy (non-hydrogen) atoms. The molecule has 1 heteroatoms. The molecule has 1 nitrogen and oxygen atoms in total. The van der Waals surface area contributed by atoms with Crippen molar-refractivity contribution in [3.63, 3.8) is 0 Å². The molecule has 9 rings (SSSR count). The van der Waals surface area contributed by atoms with Crippen LogP contribution in [0.3, 0.4) is 0 Å². The predicted octanol–water partition coefficient (Wildman–Crippen LogP) is 12.6. The molecular weight excluding hydrogens is 544 g/mol. The average Bonchev–Trinajstić information content (AvgIpc) is 3.61. The molecule has 210 valence electrons. The van der Waals surface area contributed by atoms with Gasteiger partial charge < -0.3 is 4.42 Å². The standard InChI is InChI=1S/C44H28O/c1-3-13-29(14-4-1)34-22-11-23-39-43-33(21-12-24-40(43)45-44(34)39)30-25-27-32(28-26-30)42-37-19-9-7-17-35(37)41(31-15-5-2-6-16-31)36-18-8-10-20-38(36)42/h1-28H/i1D,3D,4D,11D,12D,13D,14D,21D,22D,23D,24D. The van der Waals surface area contributed by atoms with Crippen molar-refractivity contribution >= 4 is 43.5 Å². The fraction of sp³-hybridized carbons (Fsp3) is 0. The van der Waals surface area contributed by atoms with Gasteiger partial charge in [-0.25, -0.2) is 0 Å². The Bertz CT molecular complexity index is 3050. The van der Waals surface area contributed by atoms with Crippen molar-refractivity contribution in [2.24, 2.45) is 0 Å². The van der Waals surface area contributed by atoms with Crippen LogP contribution in [0, 0.1) is 0 Å². The zero-order valence-corrected chi connectivity index (χ0v) is 23.7. The molecule has 0 saturated heterocycles. The number of rotatable bonds is 4. The Labute approximate surface area is 277 Å². The Hall–Kier alpha value is -5.92. The van der Waals surface area contributed by atoms with E-state index >= 15 is 0 Å². The molecule has 0 bridgehead atoms. The van der Waals surface area contributed by atoms with Gasteiger partial charge in [-0.15, -0.1) is 0 Å². The summed E-state index contributed by atoms with van der Waals surface area (Å²) in [5.41, 5.74) is 3.66. The van der Waals surface area contributed by atoms with E-state index in [4.69, 9.17) is 19.5 Å². The molecule has 0 aliphatic rings. The van der Waals surface area contributed by atoms with E-state index in [1.165, 1.54) is 0 Å². The van der Waals surface area contributed by atoms with E-state index in [2.05, 4.69) is 36.4 Å². The number of hydrogen-bond acceptors (Lipinski definition) is 1. The van der Waals surface area contributed by atoms with Crippen molar-refractivity contribution < 1.29 is 19.5 Å². The normalized spacial score (nSPS) is 15.0. The van der Waals surface area contributed by atoms with Gasteiger partial charge in [0.1, 0.15) is 11.2 Å². The van der Waals surface area contributed by atoms with Crippen LogP contribution < -0.4 is 0 Å². The Morgan fingerprint density at radius 3 is 1.56 bits per heavy atom. The molecule has 0 unspecified atom stereocenters. The summed E-state index contributed by atoms with van der Waals surface area (Å²) in [6, 6.07) is 28.2. The fourth-order valence-electron chi connectivity index (χ4n) is 6.41. The number of fused-ring (bicyclic) bond motifs is 5. The van der Waals surface area contributed by atoms with Gasteiger partial charge >= 0.3 is 0 Å². The van der Waals surface area contributed by atoms with Gasteiger partial charge in [0.15, 0.2) is 0 Å². The molecule has 1 aromatic heterocycles. The molecule has 0 radical (unpaired) electrons. The van der Waals surface area contributed by atoms with E-state index in [0.717, 1.165) is 43.8 Å². The van der Waals surface area contributed by atoms with Gasteiger partial charge in [0.2, 0.25) is 0 Å². The molecular formula is C44H28O. The van der Waals surface area contributed by atoms with Crippen LogP contribution in [0.5, 0.6) is 0 Å². The second-order valence-corrected chi connectivity index (χ2v) is 10.8. The first kappa shape index (κ1) is 16.8. The lowest BCUT2D eigenvalue weighted by molar-refractivity contribution is 0.670. The molecule has 9 aromatic rings. The Kier molecular flexibility index (Phi) is 3.87. The zero-order valence-electron chi connectivity index (χ0n) is 34.7. The first-order chi connectivity index (χ1) is 26.9. The average molecular weight is 584 g/mol. The van der Waals surface area contributed by atoms with Crippen LogP contribution in [0.4, 0.5) is 0 Å². The molecule has 0 aliphatic carbocycles. The lowest BCUT2D eigenvalue weighted by Crippen LogP contribution is -1.90.